The quantitative estimate of drug-likeness (QED) is 0.162. The molecule has 2 spiro atoms. The van der Waals surface area contributed by atoms with E-state index in [1.54, 1.807) is 19.1 Å². The van der Waals surface area contributed by atoms with Crippen molar-refractivity contribution in [3.63, 3.8) is 0 Å². The lowest BCUT2D eigenvalue weighted by atomic mass is 9.72. The van der Waals surface area contributed by atoms with Crippen molar-refractivity contribution in [3.05, 3.63) is 12.2 Å². The van der Waals surface area contributed by atoms with Crippen LogP contribution in [0.1, 0.15) is 134 Å². The van der Waals surface area contributed by atoms with Gasteiger partial charge in [0.1, 0.15) is 11.9 Å². The number of ether oxygens (including phenoxy) is 5. The van der Waals surface area contributed by atoms with Crippen molar-refractivity contribution in [2.45, 2.75) is 199 Å². The molecule has 5 aliphatic rings. The van der Waals surface area contributed by atoms with Crippen molar-refractivity contribution in [3.8, 4) is 0 Å². The van der Waals surface area contributed by atoms with Crippen LogP contribution in [0, 0.1) is 47.3 Å². The van der Waals surface area contributed by atoms with Gasteiger partial charge in [0.2, 0.25) is 5.79 Å². The molecule has 310 valence electrons. The summed E-state index contributed by atoms with van der Waals surface area (Å²) in [6.45, 7) is 21.7. The smallest absolute Gasteiger partial charge is 0.309 e. The van der Waals surface area contributed by atoms with Crippen molar-refractivity contribution < 1.29 is 53.7 Å². The zero-order valence-electron chi connectivity index (χ0n) is 34.8. The second-order valence-corrected chi connectivity index (χ2v) is 18.5. The molecule has 5 heterocycles. The number of hydrogen-bond donors (Lipinski definition) is 4. The van der Waals surface area contributed by atoms with Crippen LogP contribution < -0.4 is 0 Å². The van der Waals surface area contributed by atoms with E-state index in [2.05, 4.69) is 20.8 Å². The molecule has 19 atom stereocenters. The van der Waals surface area contributed by atoms with E-state index in [1.807, 2.05) is 48.5 Å². The molecule has 0 radical (unpaired) electrons. The lowest BCUT2D eigenvalue weighted by Gasteiger charge is -2.54. The minimum atomic E-state index is -1.37. The maximum atomic E-state index is 14.5. The average molecular weight is 765 g/mol. The number of carbonyl (C=O) groups excluding carboxylic acids is 1. The summed E-state index contributed by atoms with van der Waals surface area (Å²) in [6.07, 6.45) is 4.75. The Morgan fingerprint density at radius 1 is 0.852 bits per heavy atom. The van der Waals surface area contributed by atoms with Crippen molar-refractivity contribution >= 4 is 11.8 Å². The first kappa shape index (κ1) is 43.7. The normalized spacial score (nSPS) is 46.9. The van der Waals surface area contributed by atoms with Gasteiger partial charge in [-0.3, -0.25) is 9.59 Å². The minimum absolute atomic E-state index is 0.0104. The molecule has 0 saturated carbocycles. The Kier molecular flexibility index (Phi) is 13.3. The number of carboxylic acids is 1. The molecule has 0 unspecified atom stereocenters. The number of aliphatic hydroxyl groups is 3. The van der Waals surface area contributed by atoms with Crippen LogP contribution in [0.5, 0.6) is 0 Å². The lowest BCUT2D eigenvalue weighted by Crippen LogP contribution is -2.63. The number of aliphatic carboxylic acids is 1. The van der Waals surface area contributed by atoms with E-state index in [0.29, 0.717) is 51.4 Å². The highest BCUT2D eigenvalue weighted by Crippen LogP contribution is 2.54. The van der Waals surface area contributed by atoms with E-state index in [1.165, 1.54) is 0 Å². The third-order valence-corrected chi connectivity index (χ3v) is 14.8. The van der Waals surface area contributed by atoms with Gasteiger partial charge in [-0.25, -0.2) is 0 Å². The van der Waals surface area contributed by atoms with E-state index in [0.717, 1.165) is 6.42 Å². The van der Waals surface area contributed by atoms with Crippen LogP contribution >= 0.6 is 0 Å². The van der Waals surface area contributed by atoms with Crippen LogP contribution in [0.4, 0.5) is 0 Å². The summed E-state index contributed by atoms with van der Waals surface area (Å²) < 4.78 is 33.6. The summed E-state index contributed by atoms with van der Waals surface area (Å²) in [5.41, 5.74) is -1.63. The lowest BCUT2D eigenvalue weighted by molar-refractivity contribution is -0.409. The van der Waals surface area contributed by atoms with E-state index < -0.39 is 76.8 Å². The highest BCUT2D eigenvalue weighted by molar-refractivity contribution is 5.84. The number of rotatable bonds is 12. The molecule has 0 amide bonds. The molecule has 5 rings (SSSR count). The first-order chi connectivity index (χ1) is 25.2. The van der Waals surface area contributed by atoms with Crippen LogP contribution in [-0.2, 0) is 33.3 Å². The summed E-state index contributed by atoms with van der Waals surface area (Å²) in [6, 6.07) is 0. The predicted molar refractivity (Wildman–Crippen MR) is 203 cm³/mol. The fourth-order valence-electron chi connectivity index (χ4n) is 10.9. The number of hydrogen-bond acceptors (Lipinski definition) is 10. The molecule has 0 aromatic rings. The maximum absolute atomic E-state index is 14.5. The molecule has 4 fully saturated rings. The second kappa shape index (κ2) is 16.4. The maximum Gasteiger partial charge on any atom is 0.309 e. The Morgan fingerprint density at radius 2 is 1.48 bits per heavy atom. The monoisotopic (exact) mass is 765 g/mol. The van der Waals surface area contributed by atoms with Crippen LogP contribution in [-0.4, -0.2) is 97.7 Å². The number of carbonyl (C=O) groups is 2. The van der Waals surface area contributed by atoms with Gasteiger partial charge in [0.25, 0.3) is 0 Å². The molecule has 4 N–H and O–H groups in total. The summed E-state index contributed by atoms with van der Waals surface area (Å²) >= 11 is 0. The van der Waals surface area contributed by atoms with Gasteiger partial charge in [-0.1, -0.05) is 62.3 Å². The Balaban J connectivity index is 1.32. The molecular weight excluding hydrogens is 692 g/mol. The van der Waals surface area contributed by atoms with Crippen LogP contribution in [0.15, 0.2) is 12.2 Å². The topological polar surface area (TPSA) is 161 Å². The number of Topliss-reactive ketones (excluding diaryl/α,β-unsaturated/α-hetero) is 1. The summed E-state index contributed by atoms with van der Waals surface area (Å²) in [7, 11) is 0. The van der Waals surface area contributed by atoms with Crippen LogP contribution in [0.25, 0.3) is 0 Å². The van der Waals surface area contributed by atoms with E-state index in [9.17, 15) is 30.0 Å². The van der Waals surface area contributed by atoms with Gasteiger partial charge in [-0.05, 0) is 95.1 Å². The number of ketones is 1. The molecule has 0 aliphatic carbocycles. The van der Waals surface area contributed by atoms with Crippen LogP contribution in [0.3, 0.4) is 0 Å². The average Bonchev–Trinajstić information content (AvgIpc) is 3.47. The number of aliphatic hydroxyl groups excluding tert-OH is 2. The Labute approximate surface area is 323 Å². The first-order valence-corrected chi connectivity index (χ1v) is 21.1. The van der Waals surface area contributed by atoms with Gasteiger partial charge in [-0.2, -0.15) is 0 Å². The summed E-state index contributed by atoms with van der Waals surface area (Å²) in [4.78, 5) is 26.6. The molecule has 5 aliphatic heterocycles. The standard InChI is InChI=1S/C43H72O11/c1-12-30(35(46)27(8)34(45)28(9)36-23(4)21-24(5)37(51-36)31(13-2)39(47)48)38-25(6)22-26(7)42(52-38)18-15-32(44)43(54-42)20-19-40(11,53-43)33-16-17-41(49,14-3)29(10)50-33/h15,18,23-34,36-38,44-45,49H,12-14,16-17,19-22H2,1-11H3,(H,47,48)/t23-,24-,25-,26+,27-,28-,29-,30-,31+,32+,33+,34+,36+,37+,38-,40-,41+,42-,43-/m1/s1. The van der Waals surface area contributed by atoms with Crippen molar-refractivity contribution in [2.24, 2.45) is 47.3 Å². The molecule has 11 heteroatoms. The highest BCUT2D eigenvalue weighted by Gasteiger charge is 2.63. The van der Waals surface area contributed by atoms with Gasteiger partial charge in [-0.15, -0.1) is 0 Å². The van der Waals surface area contributed by atoms with Gasteiger partial charge in [0, 0.05) is 30.1 Å². The molecule has 0 aromatic carbocycles. The van der Waals surface area contributed by atoms with E-state index in [-0.39, 0.29) is 47.8 Å². The SMILES string of the molecule is CC[C@H](C(=O)[C@H](C)[C@H](O)[C@@H](C)[C@H]1O[C@H]([C@H](CC)C(=O)O)[C@H](C)C[C@H]1C)[C@@H]1O[C@@]2(C=C[C@H](O)[C@@]3(CC[C@](C)([C@@H]4CC[C@@](O)(CC)[C@@H](C)O4)O3)O2)[C@@H](C)C[C@H]1C. The van der Waals surface area contributed by atoms with Crippen molar-refractivity contribution in [1.29, 1.82) is 0 Å². The molecule has 11 nitrogen and oxygen atoms in total. The first-order valence-electron chi connectivity index (χ1n) is 21.1. The van der Waals surface area contributed by atoms with Crippen LogP contribution in [0.2, 0.25) is 0 Å². The zero-order valence-corrected chi connectivity index (χ0v) is 34.8. The van der Waals surface area contributed by atoms with E-state index >= 15 is 0 Å². The predicted octanol–water partition coefficient (Wildman–Crippen LogP) is 6.43. The van der Waals surface area contributed by atoms with E-state index in [4.69, 9.17) is 23.7 Å². The van der Waals surface area contributed by atoms with Gasteiger partial charge < -0.3 is 44.1 Å². The van der Waals surface area contributed by atoms with Crippen molar-refractivity contribution in [2.75, 3.05) is 0 Å². The highest BCUT2D eigenvalue weighted by atomic mass is 16.8. The Morgan fingerprint density at radius 3 is 2.07 bits per heavy atom. The fourth-order valence-corrected chi connectivity index (χ4v) is 10.9. The minimum Gasteiger partial charge on any atom is -0.481 e. The van der Waals surface area contributed by atoms with Gasteiger partial charge in [0.05, 0.1) is 53.7 Å². The molecule has 4 saturated heterocycles. The Hall–Kier alpha value is -1.44. The second-order valence-electron chi connectivity index (χ2n) is 18.5. The molecule has 54 heavy (non-hydrogen) atoms. The third-order valence-electron chi connectivity index (χ3n) is 14.8. The Bertz CT molecular complexity index is 1360. The largest absolute Gasteiger partial charge is 0.481 e. The number of carboxylic acid groups (broad SMARTS) is 1. The molecular formula is C43H72O11. The molecule has 0 aromatic heterocycles. The summed E-state index contributed by atoms with van der Waals surface area (Å²) in [5.74, 6) is -5.80. The van der Waals surface area contributed by atoms with Crippen molar-refractivity contribution in [1.82, 2.24) is 0 Å². The molecule has 0 bridgehead atoms. The van der Waals surface area contributed by atoms with Gasteiger partial charge >= 0.3 is 5.97 Å². The summed E-state index contributed by atoms with van der Waals surface area (Å²) in [5, 5.41) is 44.2. The zero-order chi connectivity index (χ0) is 40.1. The fraction of sp³-hybridized carbons (Fsp3) is 0.907. The van der Waals surface area contributed by atoms with Gasteiger partial charge in [0.15, 0.2) is 5.79 Å². The third kappa shape index (κ3) is 7.88.